The van der Waals surface area contributed by atoms with E-state index in [1.807, 2.05) is 4.90 Å². The van der Waals surface area contributed by atoms with Crippen LogP contribution in [0.1, 0.15) is 19.8 Å². The molecular formula is C21H27FN4O4S. The van der Waals surface area contributed by atoms with Gasteiger partial charge in [-0.1, -0.05) is 12.2 Å². The van der Waals surface area contributed by atoms with Crippen LogP contribution < -0.4 is 15.1 Å². The normalized spacial score (nSPS) is 21.2. The Morgan fingerprint density at radius 2 is 2.03 bits per heavy atom. The summed E-state index contributed by atoms with van der Waals surface area (Å²) in [5.41, 5.74) is 0.913. The van der Waals surface area contributed by atoms with Gasteiger partial charge in [0, 0.05) is 32.1 Å². The van der Waals surface area contributed by atoms with Crippen LogP contribution in [0.4, 0.5) is 25.4 Å². The molecule has 2 heterocycles. The van der Waals surface area contributed by atoms with E-state index in [0.29, 0.717) is 63.2 Å². The number of cyclic esters (lactones) is 1. The first-order valence-electron chi connectivity index (χ1n) is 10.7. The highest BCUT2D eigenvalue weighted by Crippen LogP contribution is 2.30. The minimum atomic E-state index is -0.487. The van der Waals surface area contributed by atoms with Crippen LogP contribution in [0.3, 0.4) is 0 Å². The highest BCUT2D eigenvalue weighted by molar-refractivity contribution is 7.80. The summed E-state index contributed by atoms with van der Waals surface area (Å²) < 4.78 is 25.3. The third-order valence-electron chi connectivity index (χ3n) is 5.72. The number of nitrogens with one attached hydrogen (secondary N) is 1. The van der Waals surface area contributed by atoms with Gasteiger partial charge < -0.3 is 24.6 Å². The van der Waals surface area contributed by atoms with Crippen LogP contribution in [0.25, 0.3) is 0 Å². The third-order valence-corrected chi connectivity index (χ3v) is 6.19. The summed E-state index contributed by atoms with van der Waals surface area (Å²) in [7, 11) is 0. The number of amides is 2. The largest absolute Gasteiger partial charge is 0.450 e. The topological polar surface area (TPSA) is 74.3 Å². The molecule has 0 spiro atoms. The highest BCUT2D eigenvalue weighted by atomic mass is 32.1. The van der Waals surface area contributed by atoms with Gasteiger partial charge in [0.25, 0.3) is 0 Å². The summed E-state index contributed by atoms with van der Waals surface area (Å²) in [5, 5.41) is 3.17. The van der Waals surface area contributed by atoms with E-state index in [1.165, 1.54) is 11.0 Å². The molecule has 31 heavy (non-hydrogen) atoms. The number of hydrogen-bond acceptors (Lipinski definition) is 6. The predicted molar refractivity (Wildman–Crippen MR) is 118 cm³/mol. The second-order valence-corrected chi connectivity index (χ2v) is 8.38. The van der Waals surface area contributed by atoms with Crippen molar-refractivity contribution in [3.63, 3.8) is 0 Å². The third kappa shape index (κ3) is 5.00. The number of carbonyl (C=O) groups is 2. The molecule has 2 aliphatic heterocycles. The minimum absolute atomic E-state index is 0.331. The van der Waals surface area contributed by atoms with Gasteiger partial charge >= 0.3 is 12.2 Å². The van der Waals surface area contributed by atoms with Crippen molar-refractivity contribution in [2.45, 2.75) is 25.9 Å². The maximum absolute atomic E-state index is 14.9. The summed E-state index contributed by atoms with van der Waals surface area (Å²) in [5.74, 6) is 0.0513. The summed E-state index contributed by atoms with van der Waals surface area (Å²) in [6.45, 7) is 4.86. The first kappa shape index (κ1) is 21.6. The Hall–Kier alpha value is -2.62. The van der Waals surface area contributed by atoms with E-state index in [-0.39, 0.29) is 12.2 Å². The van der Waals surface area contributed by atoms with Crippen LogP contribution in [0.2, 0.25) is 0 Å². The monoisotopic (exact) mass is 450 g/mol. The van der Waals surface area contributed by atoms with Gasteiger partial charge in [-0.15, -0.1) is 0 Å². The summed E-state index contributed by atoms with van der Waals surface area (Å²) in [6, 6.07) is 4.76. The Bertz CT molecular complexity index is 858. The second kappa shape index (κ2) is 9.25. The molecule has 168 valence electrons. The van der Waals surface area contributed by atoms with E-state index in [9.17, 15) is 14.0 Å². The van der Waals surface area contributed by atoms with Crippen LogP contribution in [0.15, 0.2) is 18.2 Å². The lowest BCUT2D eigenvalue weighted by atomic mass is 10.2. The van der Waals surface area contributed by atoms with Crippen molar-refractivity contribution in [1.29, 1.82) is 0 Å². The first-order valence-corrected chi connectivity index (χ1v) is 11.1. The number of benzene rings is 1. The van der Waals surface area contributed by atoms with E-state index in [2.05, 4.69) is 5.32 Å². The number of thiocarbonyl (C=S) groups is 1. The maximum Gasteiger partial charge on any atom is 0.414 e. The molecule has 1 aliphatic carbocycles. The quantitative estimate of drug-likeness (QED) is 0.668. The van der Waals surface area contributed by atoms with Gasteiger partial charge in [-0.05, 0) is 38.0 Å². The standard InChI is InChI=1S/C21H27FN4O4S/c1-2-29-20(27)25-9-7-24(8-10-25)18-6-5-15(11-17(18)22)26-13-16(30-21(26)28)12-23-19(31)14-3-4-14/h5-6,11,14,16H,2-4,7-10,12-13H2,1H3,(H,23,31). The Balaban J connectivity index is 1.33. The Morgan fingerprint density at radius 1 is 1.29 bits per heavy atom. The van der Waals surface area contributed by atoms with Gasteiger partial charge in [-0.2, -0.15) is 0 Å². The maximum atomic E-state index is 14.9. The number of piperazine rings is 1. The fourth-order valence-electron chi connectivity index (χ4n) is 3.81. The molecule has 0 radical (unpaired) electrons. The molecule has 10 heteroatoms. The molecule has 3 fully saturated rings. The number of nitrogens with zero attached hydrogens (tertiary/aromatic N) is 3. The molecule has 1 atom stereocenters. The molecule has 2 saturated heterocycles. The van der Waals surface area contributed by atoms with Gasteiger partial charge in [-0.25, -0.2) is 14.0 Å². The van der Waals surface area contributed by atoms with E-state index in [4.69, 9.17) is 21.7 Å². The van der Waals surface area contributed by atoms with Crippen molar-refractivity contribution in [2.24, 2.45) is 5.92 Å². The van der Waals surface area contributed by atoms with Gasteiger partial charge in [-0.3, -0.25) is 4.90 Å². The van der Waals surface area contributed by atoms with Gasteiger partial charge in [0.05, 0.1) is 36.1 Å². The average molecular weight is 451 g/mol. The predicted octanol–water partition coefficient (Wildman–Crippen LogP) is 2.76. The van der Waals surface area contributed by atoms with E-state index >= 15 is 0 Å². The lowest BCUT2D eigenvalue weighted by Crippen LogP contribution is -2.49. The van der Waals surface area contributed by atoms with Crippen LogP contribution in [0, 0.1) is 11.7 Å². The van der Waals surface area contributed by atoms with Crippen molar-refractivity contribution in [3.8, 4) is 0 Å². The number of ether oxygens (including phenoxy) is 2. The SMILES string of the molecule is CCOC(=O)N1CCN(c2ccc(N3CC(CNC(=S)C4CC4)OC3=O)cc2F)CC1. The van der Waals surface area contributed by atoms with Crippen LogP contribution >= 0.6 is 12.2 Å². The Morgan fingerprint density at radius 3 is 2.68 bits per heavy atom. The molecule has 1 saturated carbocycles. The molecule has 0 aromatic heterocycles. The lowest BCUT2D eigenvalue weighted by Gasteiger charge is -2.35. The molecule has 0 bridgehead atoms. The van der Waals surface area contributed by atoms with E-state index in [1.54, 1.807) is 24.0 Å². The van der Waals surface area contributed by atoms with Crippen LogP contribution in [-0.4, -0.2) is 74.1 Å². The van der Waals surface area contributed by atoms with E-state index < -0.39 is 11.9 Å². The van der Waals surface area contributed by atoms with Crippen molar-refractivity contribution < 1.29 is 23.5 Å². The second-order valence-electron chi connectivity index (χ2n) is 7.94. The van der Waals surface area contributed by atoms with Crippen LogP contribution in [-0.2, 0) is 9.47 Å². The Labute approximate surface area is 186 Å². The first-order chi connectivity index (χ1) is 15.0. The number of hydrogen-bond donors (Lipinski definition) is 1. The molecule has 4 rings (SSSR count). The van der Waals surface area contributed by atoms with Gasteiger partial charge in [0.2, 0.25) is 0 Å². The fourth-order valence-corrected chi connectivity index (χ4v) is 4.13. The molecule has 3 aliphatic rings. The molecule has 1 aromatic carbocycles. The summed E-state index contributed by atoms with van der Waals surface area (Å²) in [6.07, 6.45) is 1.08. The zero-order chi connectivity index (χ0) is 22.0. The van der Waals surface area contributed by atoms with E-state index in [0.717, 1.165) is 17.8 Å². The minimum Gasteiger partial charge on any atom is -0.450 e. The zero-order valence-corrected chi connectivity index (χ0v) is 18.3. The number of rotatable bonds is 6. The molecule has 1 unspecified atom stereocenters. The number of halogens is 1. The number of anilines is 2. The zero-order valence-electron chi connectivity index (χ0n) is 17.5. The van der Waals surface area contributed by atoms with Crippen molar-refractivity contribution in [2.75, 3.05) is 55.7 Å². The average Bonchev–Trinajstić information content (AvgIpc) is 3.55. The molecule has 1 aromatic rings. The molecular weight excluding hydrogens is 423 g/mol. The van der Waals surface area contributed by atoms with Crippen molar-refractivity contribution in [3.05, 3.63) is 24.0 Å². The van der Waals surface area contributed by atoms with Gasteiger partial charge in [0.15, 0.2) is 0 Å². The molecule has 2 amide bonds. The highest BCUT2D eigenvalue weighted by Gasteiger charge is 2.34. The molecule has 8 nitrogen and oxygen atoms in total. The summed E-state index contributed by atoms with van der Waals surface area (Å²) >= 11 is 5.31. The fraction of sp³-hybridized carbons (Fsp3) is 0.571. The van der Waals surface area contributed by atoms with Gasteiger partial charge in [0.1, 0.15) is 11.9 Å². The van der Waals surface area contributed by atoms with Crippen molar-refractivity contribution in [1.82, 2.24) is 10.2 Å². The van der Waals surface area contributed by atoms with Crippen molar-refractivity contribution >= 4 is 40.8 Å². The summed E-state index contributed by atoms with van der Waals surface area (Å²) in [4.78, 5) is 29.9. The smallest absolute Gasteiger partial charge is 0.414 e. The lowest BCUT2D eigenvalue weighted by molar-refractivity contribution is 0.105. The number of carbonyl (C=O) groups excluding carboxylic acids is 2. The molecule has 1 N–H and O–H groups in total. The Kier molecular flexibility index (Phi) is 6.45. The van der Waals surface area contributed by atoms with Crippen LogP contribution in [0.5, 0.6) is 0 Å².